The van der Waals surface area contributed by atoms with Crippen LogP contribution in [0.2, 0.25) is 0 Å². The lowest BCUT2D eigenvalue weighted by molar-refractivity contribution is 0.0598. The number of aryl methyl sites for hydroxylation is 1. The minimum Gasteiger partial charge on any atom is -0.334 e. The van der Waals surface area contributed by atoms with Gasteiger partial charge in [-0.05, 0) is 50.1 Å². The van der Waals surface area contributed by atoms with Crippen molar-refractivity contribution < 1.29 is 4.79 Å². The summed E-state index contributed by atoms with van der Waals surface area (Å²) in [5, 5.41) is 0. The summed E-state index contributed by atoms with van der Waals surface area (Å²) in [6, 6.07) is 10.3. The Bertz CT molecular complexity index is 1050. The first-order chi connectivity index (χ1) is 14.1. The van der Waals surface area contributed by atoms with E-state index in [9.17, 15) is 4.79 Å². The number of hydrogen-bond donors (Lipinski definition) is 1. The van der Waals surface area contributed by atoms with Gasteiger partial charge >= 0.3 is 0 Å². The summed E-state index contributed by atoms with van der Waals surface area (Å²) in [5.41, 5.74) is 10.7. The summed E-state index contributed by atoms with van der Waals surface area (Å²) in [6.45, 7) is 1.81. The van der Waals surface area contributed by atoms with Gasteiger partial charge in [0.25, 0.3) is 5.91 Å². The maximum Gasteiger partial charge on any atom is 0.272 e. The molecule has 29 heavy (non-hydrogen) atoms. The van der Waals surface area contributed by atoms with Crippen LogP contribution in [0.3, 0.4) is 0 Å². The lowest BCUT2D eigenvalue weighted by atomic mass is 9.91. The van der Waals surface area contributed by atoms with Crippen LogP contribution in [0.1, 0.15) is 46.3 Å². The van der Waals surface area contributed by atoms with Crippen LogP contribution >= 0.6 is 0 Å². The Hall–Kier alpha value is -2.77. The second-order valence-electron chi connectivity index (χ2n) is 8.18. The highest BCUT2D eigenvalue weighted by molar-refractivity contribution is 5.95. The SMILES string of the molecule is CN(Cc1nc2ccccn2c1C(=O)N1CC(N)C1)C1CCCc2cccnc21. The van der Waals surface area contributed by atoms with Gasteiger partial charge in [-0.15, -0.1) is 0 Å². The number of carbonyl (C=O) groups is 1. The number of pyridine rings is 2. The molecule has 7 nitrogen and oxygen atoms in total. The van der Waals surface area contributed by atoms with Crippen molar-refractivity contribution in [2.24, 2.45) is 5.73 Å². The van der Waals surface area contributed by atoms with Gasteiger partial charge in [0.05, 0.1) is 17.4 Å². The second-order valence-corrected chi connectivity index (χ2v) is 8.18. The molecule has 4 heterocycles. The van der Waals surface area contributed by atoms with E-state index in [1.165, 1.54) is 5.56 Å². The maximum atomic E-state index is 13.2. The fourth-order valence-corrected chi connectivity index (χ4v) is 4.57. The topological polar surface area (TPSA) is 79.8 Å². The number of aromatic nitrogens is 3. The van der Waals surface area contributed by atoms with Crippen LogP contribution in [0.4, 0.5) is 0 Å². The van der Waals surface area contributed by atoms with Crippen molar-refractivity contribution >= 4 is 11.6 Å². The third-order valence-electron chi connectivity index (χ3n) is 6.10. The van der Waals surface area contributed by atoms with E-state index in [-0.39, 0.29) is 18.0 Å². The van der Waals surface area contributed by atoms with Crippen LogP contribution in [0, 0.1) is 0 Å². The van der Waals surface area contributed by atoms with Crippen LogP contribution in [0.15, 0.2) is 42.7 Å². The molecule has 3 aromatic heterocycles. The molecule has 2 N–H and O–H groups in total. The number of hydrogen-bond acceptors (Lipinski definition) is 5. The van der Waals surface area contributed by atoms with E-state index in [2.05, 4.69) is 23.0 Å². The summed E-state index contributed by atoms with van der Waals surface area (Å²) in [7, 11) is 2.10. The van der Waals surface area contributed by atoms with Crippen molar-refractivity contribution in [2.45, 2.75) is 37.9 Å². The van der Waals surface area contributed by atoms with Gasteiger partial charge in [0, 0.05) is 38.1 Å². The minimum absolute atomic E-state index is 0.0102. The third kappa shape index (κ3) is 3.20. The Kier molecular flexibility index (Phi) is 4.56. The summed E-state index contributed by atoms with van der Waals surface area (Å²) in [5.74, 6) is 0.0102. The molecule has 1 fully saturated rings. The van der Waals surface area contributed by atoms with Crippen LogP contribution in [0.25, 0.3) is 5.65 Å². The molecule has 0 radical (unpaired) electrons. The molecule has 3 aromatic rings. The molecule has 1 atom stereocenters. The fraction of sp³-hybridized carbons (Fsp3) is 0.409. The molecule has 1 aliphatic carbocycles. The predicted octanol–water partition coefficient (Wildman–Crippen LogP) is 2.02. The zero-order valence-corrected chi connectivity index (χ0v) is 16.7. The molecule has 1 aliphatic heterocycles. The van der Waals surface area contributed by atoms with Crippen LogP contribution < -0.4 is 5.73 Å². The van der Waals surface area contributed by atoms with E-state index < -0.39 is 0 Å². The molecule has 150 valence electrons. The Morgan fingerprint density at radius 3 is 2.97 bits per heavy atom. The van der Waals surface area contributed by atoms with Crippen molar-refractivity contribution in [2.75, 3.05) is 20.1 Å². The number of imidazole rings is 1. The lowest BCUT2D eigenvalue weighted by Crippen LogP contribution is -2.58. The molecule has 5 rings (SSSR count). The minimum atomic E-state index is 0.0102. The van der Waals surface area contributed by atoms with E-state index in [0.717, 1.165) is 36.3 Å². The Labute approximate surface area is 170 Å². The zero-order chi connectivity index (χ0) is 20.0. The number of amides is 1. The van der Waals surface area contributed by atoms with Crippen molar-refractivity contribution in [1.82, 2.24) is 24.2 Å². The highest BCUT2D eigenvalue weighted by atomic mass is 16.2. The number of rotatable bonds is 4. The number of nitrogens with two attached hydrogens (primary N) is 1. The van der Waals surface area contributed by atoms with Gasteiger partial charge in [0.1, 0.15) is 11.3 Å². The first-order valence-corrected chi connectivity index (χ1v) is 10.3. The average Bonchev–Trinajstić information content (AvgIpc) is 3.08. The number of carbonyl (C=O) groups excluding carboxylic acids is 1. The monoisotopic (exact) mass is 390 g/mol. The Balaban J connectivity index is 1.48. The van der Waals surface area contributed by atoms with Crippen LogP contribution in [-0.2, 0) is 13.0 Å². The van der Waals surface area contributed by atoms with E-state index in [1.54, 1.807) is 0 Å². The lowest BCUT2D eigenvalue weighted by Gasteiger charge is -2.37. The standard InChI is InChI=1S/C22H26N6O/c1-26(18-8-4-6-15-7-5-10-24-20(15)18)14-17-21(22(29)27-12-16(23)13-27)28-11-3-2-9-19(28)25-17/h2-3,5,7,9-11,16,18H,4,6,8,12-14,23H2,1H3. The average molecular weight is 390 g/mol. The molecule has 1 unspecified atom stereocenters. The van der Waals surface area contributed by atoms with Crippen molar-refractivity contribution in [3.8, 4) is 0 Å². The molecule has 2 aliphatic rings. The normalized spacial score (nSPS) is 19.4. The molecule has 0 spiro atoms. The summed E-state index contributed by atoms with van der Waals surface area (Å²) < 4.78 is 1.91. The second kappa shape index (κ2) is 7.24. The van der Waals surface area contributed by atoms with E-state index in [1.807, 2.05) is 46.0 Å². The van der Waals surface area contributed by atoms with Crippen LogP contribution in [-0.4, -0.2) is 56.3 Å². The van der Waals surface area contributed by atoms with Gasteiger partial charge in [0.2, 0.25) is 0 Å². The number of nitrogens with zero attached hydrogens (tertiary/aromatic N) is 5. The van der Waals surface area contributed by atoms with Gasteiger partial charge < -0.3 is 10.6 Å². The van der Waals surface area contributed by atoms with Crippen LogP contribution in [0.5, 0.6) is 0 Å². The first kappa shape index (κ1) is 18.3. The first-order valence-electron chi connectivity index (χ1n) is 10.3. The fourth-order valence-electron chi connectivity index (χ4n) is 4.57. The van der Waals surface area contributed by atoms with Crippen molar-refractivity contribution in [1.29, 1.82) is 0 Å². The van der Waals surface area contributed by atoms with Crippen molar-refractivity contribution in [3.05, 3.63) is 65.4 Å². The van der Waals surface area contributed by atoms with E-state index in [4.69, 9.17) is 10.7 Å². The zero-order valence-electron chi connectivity index (χ0n) is 16.7. The summed E-state index contributed by atoms with van der Waals surface area (Å²) in [6.07, 6.45) is 7.09. The predicted molar refractivity (Wildman–Crippen MR) is 110 cm³/mol. The molecular weight excluding hydrogens is 364 g/mol. The molecule has 0 saturated carbocycles. The molecule has 1 saturated heterocycles. The van der Waals surface area contributed by atoms with Gasteiger partial charge in [-0.3, -0.25) is 19.1 Å². The number of likely N-dealkylation sites (tertiary alicyclic amines) is 1. The smallest absolute Gasteiger partial charge is 0.272 e. The maximum absolute atomic E-state index is 13.2. The molecule has 1 amide bonds. The quantitative estimate of drug-likeness (QED) is 0.737. The largest absolute Gasteiger partial charge is 0.334 e. The molecule has 0 bridgehead atoms. The number of fused-ring (bicyclic) bond motifs is 2. The molecular formula is C22H26N6O. The van der Waals surface area contributed by atoms with E-state index in [0.29, 0.717) is 25.3 Å². The van der Waals surface area contributed by atoms with Gasteiger partial charge in [0.15, 0.2) is 0 Å². The van der Waals surface area contributed by atoms with Gasteiger partial charge in [-0.2, -0.15) is 0 Å². The van der Waals surface area contributed by atoms with E-state index >= 15 is 0 Å². The third-order valence-corrected chi connectivity index (χ3v) is 6.10. The highest BCUT2D eigenvalue weighted by Crippen LogP contribution is 2.33. The Morgan fingerprint density at radius 1 is 1.28 bits per heavy atom. The molecule has 0 aromatic carbocycles. The molecule has 7 heteroatoms. The summed E-state index contributed by atoms with van der Waals surface area (Å²) in [4.78, 5) is 26.8. The van der Waals surface area contributed by atoms with Gasteiger partial charge in [-0.1, -0.05) is 12.1 Å². The van der Waals surface area contributed by atoms with Gasteiger partial charge in [-0.25, -0.2) is 4.98 Å². The highest BCUT2D eigenvalue weighted by Gasteiger charge is 2.33. The van der Waals surface area contributed by atoms with Crippen molar-refractivity contribution in [3.63, 3.8) is 0 Å². The summed E-state index contributed by atoms with van der Waals surface area (Å²) >= 11 is 0. The Morgan fingerprint density at radius 2 is 2.14 bits per heavy atom.